The molecule has 0 aromatic heterocycles. The van der Waals surface area contributed by atoms with Gasteiger partial charge in [0.25, 0.3) is 11.8 Å². The summed E-state index contributed by atoms with van der Waals surface area (Å²) in [6.45, 7) is 6.20. The van der Waals surface area contributed by atoms with Gasteiger partial charge in [-0.3, -0.25) is 9.59 Å². The van der Waals surface area contributed by atoms with Crippen LogP contribution < -0.4 is 14.8 Å². The number of fused-ring (bicyclic) bond motifs is 2. The van der Waals surface area contributed by atoms with Crippen LogP contribution in [0.5, 0.6) is 0 Å². The van der Waals surface area contributed by atoms with E-state index >= 15 is 0 Å². The molecule has 1 aromatic carbocycles. The van der Waals surface area contributed by atoms with Gasteiger partial charge in [-0.1, -0.05) is 18.6 Å². The van der Waals surface area contributed by atoms with Crippen molar-refractivity contribution >= 4 is 49.8 Å². The van der Waals surface area contributed by atoms with Crippen LogP contribution in [0.2, 0.25) is 0 Å². The second kappa shape index (κ2) is 23.4. The third-order valence-electron chi connectivity index (χ3n) is 11.0. The number of hydrogen-bond acceptors (Lipinski definition) is 16. The summed E-state index contributed by atoms with van der Waals surface area (Å²) in [6.07, 6.45) is 8.55. The Morgan fingerprint density at radius 3 is 2.19 bits per heavy atom. The second-order valence-electron chi connectivity index (χ2n) is 15.5. The average Bonchev–Trinajstić information content (AvgIpc) is 3.68. The van der Waals surface area contributed by atoms with Crippen molar-refractivity contribution in [3.8, 4) is 11.3 Å². The monoisotopic (exact) mass is 930 g/mol. The summed E-state index contributed by atoms with van der Waals surface area (Å²) >= 11 is 0. The number of amides is 2. The predicted molar refractivity (Wildman–Crippen MR) is 231 cm³/mol. The molecule has 20 heteroatoms. The third kappa shape index (κ3) is 13.9. The lowest BCUT2D eigenvalue weighted by molar-refractivity contribution is -0.197. The molecule has 0 saturated carbocycles. The largest absolute Gasteiger partial charge is 0.748 e. The highest BCUT2D eigenvalue weighted by atomic mass is 32.2. The lowest BCUT2D eigenvalue weighted by Gasteiger charge is -2.31. The van der Waals surface area contributed by atoms with Gasteiger partial charge < -0.3 is 42.2 Å². The quantitative estimate of drug-likeness (QED) is 0.0485. The molecule has 350 valence electrons. The molecule has 1 aromatic rings. The molecule has 3 aliphatic heterocycles. The molecule has 1 aliphatic carbocycles. The number of nitrogens with zero attached hydrogens (tertiary/aromatic N) is 3. The van der Waals surface area contributed by atoms with E-state index in [1.165, 1.54) is 12.1 Å². The molecule has 2 amide bonds. The van der Waals surface area contributed by atoms with E-state index in [4.69, 9.17) is 28.2 Å². The van der Waals surface area contributed by atoms with Crippen LogP contribution >= 0.6 is 0 Å². The summed E-state index contributed by atoms with van der Waals surface area (Å²) in [4.78, 5) is 42.7. The minimum absolute atomic E-state index is 0.0139. The van der Waals surface area contributed by atoms with Crippen molar-refractivity contribution < 1.29 is 68.5 Å². The number of hydrogen-bond donors (Lipinski definition) is 0. The van der Waals surface area contributed by atoms with E-state index in [0.29, 0.717) is 106 Å². The molecule has 1 saturated heterocycles. The Labute approximate surface area is 373 Å². The van der Waals surface area contributed by atoms with Gasteiger partial charge in [0.05, 0.1) is 53.8 Å². The lowest BCUT2D eigenvalue weighted by atomic mass is 9.77. The van der Waals surface area contributed by atoms with E-state index in [-0.39, 0.29) is 32.1 Å². The number of carbonyl (C=O) groups excluding carboxylic acids is 3. The van der Waals surface area contributed by atoms with Crippen molar-refractivity contribution in [1.29, 1.82) is 0 Å². The fourth-order valence-corrected chi connectivity index (χ4v) is 8.72. The van der Waals surface area contributed by atoms with Gasteiger partial charge in [0, 0.05) is 74.2 Å². The maximum Gasteiger partial charge on any atom is 0.333 e. The molecule has 0 bridgehead atoms. The molecule has 18 nitrogen and oxygen atoms in total. The van der Waals surface area contributed by atoms with Crippen molar-refractivity contribution in [1.82, 2.24) is 9.64 Å². The Balaban J connectivity index is 1.44. The van der Waals surface area contributed by atoms with Crippen molar-refractivity contribution in [2.45, 2.75) is 68.6 Å². The zero-order valence-electron chi connectivity index (χ0n) is 36.4. The summed E-state index contributed by atoms with van der Waals surface area (Å²) in [7, 11) is -6.21. The molecule has 4 aliphatic rings. The molecule has 0 spiro atoms. The van der Waals surface area contributed by atoms with Crippen molar-refractivity contribution in [2.24, 2.45) is 0 Å². The maximum absolute atomic E-state index is 12.4. The van der Waals surface area contributed by atoms with Crippen molar-refractivity contribution in [3.63, 3.8) is 0 Å². The number of hydroxylamine groups is 2. The number of carbonyl (C=O) groups is 3. The fraction of sp³-hybridized carbons (Fsp3) is 0.500. The van der Waals surface area contributed by atoms with Gasteiger partial charge >= 0.3 is 5.97 Å². The Morgan fingerprint density at radius 1 is 0.859 bits per heavy atom. The first kappa shape index (κ1) is 50.2. The molecule has 1 unspecified atom stereocenters. The van der Waals surface area contributed by atoms with E-state index in [9.17, 15) is 40.3 Å². The van der Waals surface area contributed by atoms with Gasteiger partial charge in [-0.05, 0) is 80.1 Å². The lowest BCUT2D eigenvalue weighted by Crippen LogP contribution is -2.36. The highest BCUT2D eigenvalue weighted by molar-refractivity contribution is 7.86. The van der Waals surface area contributed by atoms with E-state index in [2.05, 4.69) is 4.58 Å². The number of ether oxygens (including phenoxy) is 4. The van der Waals surface area contributed by atoms with Gasteiger partial charge in [0.15, 0.2) is 13.1 Å². The van der Waals surface area contributed by atoms with Gasteiger partial charge in [-0.15, -0.1) is 5.06 Å². The van der Waals surface area contributed by atoms with Crippen LogP contribution in [0.1, 0.15) is 69.4 Å². The predicted octanol–water partition coefficient (Wildman–Crippen LogP) is 3.55. The van der Waals surface area contributed by atoms with Gasteiger partial charge in [-0.25, -0.2) is 26.2 Å². The van der Waals surface area contributed by atoms with Crippen LogP contribution in [0, 0.1) is 0 Å². The van der Waals surface area contributed by atoms with E-state index in [0.717, 1.165) is 16.5 Å². The Bertz CT molecular complexity index is 2400. The van der Waals surface area contributed by atoms with Gasteiger partial charge in [0.2, 0.25) is 5.36 Å². The number of benzene rings is 2. The van der Waals surface area contributed by atoms with Crippen LogP contribution in [0.25, 0.3) is 17.4 Å². The normalized spacial score (nSPS) is 17.4. The second-order valence-corrected chi connectivity index (χ2v) is 18.4. The molecule has 1 atom stereocenters. The number of unbranched alkanes of at least 4 members (excludes halogenated alkanes) is 2. The van der Waals surface area contributed by atoms with E-state index < -0.39 is 54.1 Å². The first-order valence-corrected chi connectivity index (χ1v) is 24.0. The maximum atomic E-state index is 12.4. The number of imide groups is 1. The number of anilines is 1. The minimum Gasteiger partial charge on any atom is -0.748 e. The van der Waals surface area contributed by atoms with E-state index in [1.807, 2.05) is 54.3 Å². The highest BCUT2D eigenvalue weighted by Gasteiger charge is 2.43. The molecule has 5 rings (SSSR count). The standard InChI is InChI=1S/C44H57N3O15S2/c1-44(19-8-30-63(51,52)53)37-32-35(64(54,55)56)13-15-38(37)46(20-6-4-5-11-43(50)62-47-41(48)16-17-42(47)49)40(44)10-7-9-33-18-23-61-39-31-34(12-14-36(33)39)45(21-24-59-28-26-57-2)22-25-60-29-27-58-3/h7,9-10,12-15,18,23,31-32H,4-6,8,11,16-17,19-22,24-30H2,1-3H3,(H-,51,52,53,54,55,56)/p-1. The topological polar surface area (TPSA) is 234 Å². The molecule has 0 radical (unpaired) electrons. The fourth-order valence-electron chi connectivity index (χ4n) is 7.73. The first-order chi connectivity index (χ1) is 30.6. The molecule has 64 heavy (non-hydrogen) atoms. The van der Waals surface area contributed by atoms with Crippen LogP contribution in [-0.4, -0.2) is 128 Å². The number of rotatable bonds is 26. The molecule has 1 fully saturated rings. The van der Waals surface area contributed by atoms with Gasteiger partial charge in [-0.2, -0.15) is 0 Å². The molecular weight excluding hydrogens is 875 g/mol. The van der Waals surface area contributed by atoms with Crippen LogP contribution in [0.3, 0.4) is 0 Å². The molecular formula is C44H56N3O15S2-. The number of methoxy groups -OCH3 is 2. The summed E-state index contributed by atoms with van der Waals surface area (Å²) in [5, 5.41) is 1.41. The van der Waals surface area contributed by atoms with Crippen molar-refractivity contribution in [2.75, 3.05) is 84.1 Å². The summed E-state index contributed by atoms with van der Waals surface area (Å²) in [5.74, 6) is -1.88. The summed E-state index contributed by atoms with van der Waals surface area (Å²) in [6, 6.07) is 11.8. The van der Waals surface area contributed by atoms with Gasteiger partial charge in [0.1, 0.15) is 29.1 Å². The van der Waals surface area contributed by atoms with Crippen LogP contribution in [-0.2, 0) is 63.8 Å². The van der Waals surface area contributed by atoms with Crippen LogP contribution in [0.15, 0.2) is 75.9 Å². The minimum atomic E-state index is -4.87. The Kier molecular flexibility index (Phi) is 18.4. The third-order valence-corrected chi connectivity index (χ3v) is 12.6. The molecule has 0 N–H and O–H groups in total. The highest BCUT2D eigenvalue weighted by Crippen LogP contribution is 2.51. The van der Waals surface area contributed by atoms with Crippen molar-refractivity contribution in [3.05, 3.63) is 83.1 Å². The summed E-state index contributed by atoms with van der Waals surface area (Å²) < 4.78 is 102. The SMILES string of the molecule is COCCOCC[N+](CCOCCOC)=c1ccc2c(/C=C/C=C3/N(CCCCCC(=O)ON4C(=O)CCC4=O)c4ccc(S(=O)(=O)[O-])cc4C3(C)CCCS(=O)(=O)[O-])ccoc-2c1. The Morgan fingerprint density at radius 2 is 1.55 bits per heavy atom. The smallest absolute Gasteiger partial charge is 0.333 e. The molecule has 3 heterocycles. The first-order valence-electron chi connectivity index (χ1n) is 21.1. The zero-order chi connectivity index (χ0) is 46.3. The Hall–Kier alpha value is -4.80. The van der Waals surface area contributed by atoms with Crippen LogP contribution in [0.4, 0.5) is 5.69 Å². The summed E-state index contributed by atoms with van der Waals surface area (Å²) in [5.41, 5.74) is 2.31. The zero-order valence-corrected chi connectivity index (χ0v) is 38.0. The number of allylic oxidation sites excluding steroid dienone is 3. The van der Waals surface area contributed by atoms with E-state index in [1.54, 1.807) is 26.5 Å². The average molecular weight is 931 g/mol.